The second-order valence-electron chi connectivity index (χ2n) is 8.37. The summed E-state index contributed by atoms with van der Waals surface area (Å²) in [5.74, 6) is 0.992. The van der Waals surface area contributed by atoms with Crippen LogP contribution in [0.25, 0.3) is 5.69 Å². The van der Waals surface area contributed by atoms with Crippen molar-refractivity contribution >= 4 is 5.82 Å². The summed E-state index contributed by atoms with van der Waals surface area (Å²) in [6.45, 7) is 5.93. The first-order valence-corrected chi connectivity index (χ1v) is 10.7. The standard InChI is InChI=1S/C22H33N5O/c1-16-13-20(27-12-9-17(2)25-27)22(23-14-16)26-11-10-19(21(15-26)28-3)24-18-7-5-4-6-8-18/h9,12-14,18-19,21,24H,4-8,10-11,15H2,1-3H3/t19-,21+/m1/s1. The fraction of sp³-hybridized carbons (Fsp3) is 0.636. The van der Waals surface area contributed by atoms with Gasteiger partial charge >= 0.3 is 0 Å². The van der Waals surface area contributed by atoms with Crippen LogP contribution in [0.5, 0.6) is 0 Å². The van der Waals surface area contributed by atoms with E-state index in [1.807, 2.05) is 37.2 Å². The number of piperidine rings is 1. The maximum atomic E-state index is 5.92. The van der Waals surface area contributed by atoms with Crippen LogP contribution in [0.1, 0.15) is 49.8 Å². The minimum atomic E-state index is 0.172. The lowest BCUT2D eigenvalue weighted by Gasteiger charge is -2.41. The molecular formula is C22H33N5O. The van der Waals surface area contributed by atoms with E-state index in [1.54, 1.807) is 0 Å². The Morgan fingerprint density at radius 3 is 2.68 bits per heavy atom. The van der Waals surface area contributed by atoms with Crippen molar-refractivity contribution in [1.82, 2.24) is 20.1 Å². The summed E-state index contributed by atoms with van der Waals surface area (Å²) in [6.07, 6.45) is 11.9. The number of methoxy groups -OCH3 is 1. The summed E-state index contributed by atoms with van der Waals surface area (Å²) in [7, 11) is 1.84. The van der Waals surface area contributed by atoms with Crippen LogP contribution in [0.2, 0.25) is 0 Å². The number of hydrogen-bond acceptors (Lipinski definition) is 5. The van der Waals surface area contributed by atoms with Gasteiger partial charge in [-0.1, -0.05) is 19.3 Å². The third kappa shape index (κ3) is 4.23. The first kappa shape index (κ1) is 19.4. The van der Waals surface area contributed by atoms with Crippen molar-refractivity contribution in [2.75, 3.05) is 25.1 Å². The molecular weight excluding hydrogens is 350 g/mol. The summed E-state index contributed by atoms with van der Waals surface area (Å²) >= 11 is 0. The molecule has 28 heavy (non-hydrogen) atoms. The molecule has 2 aliphatic rings. The van der Waals surface area contributed by atoms with Crippen molar-refractivity contribution < 1.29 is 4.74 Å². The van der Waals surface area contributed by atoms with E-state index in [0.29, 0.717) is 12.1 Å². The Kier molecular flexibility index (Phi) is 5.97. The van der Waals surface area contributed by atoms with E-state index in [0.717, 1.165) is 42.3 Å². The van der Waals surface area contributed by atoms with Crippen molar-refractivity contribution in [3.8, 4) is 5.69 Å². The Balaban J connectivity index is 1.51. The fourth-order valence-corrected chi connectivity index (χ4v) is 4.62. The van der Waals surface area contributed by atoms with Gasteiger partial charge in [0.25, 0.3) is 0 Å². The lowest BCUT2D eigenvalue weighted by atomic mass is 9.92. The van der Waals surface area contributed by atoms with Crippen molar-refractivity contribution in [1.29, 1.82) is 0 Å². The first-order chi connectivity index (χ1) is 13.6. The van der Waals surface area contributed by atoms with Gasteiger partial charge in [-0.15, -0.1) is 0 Å². The van der Waals surface area contributed by atoms with Crippen LogP contribution in [-0.2, 0) is 4.74 Å². The smallest absolute Gasteiger partial charge is 0.154 e. The van der Waals surface area contributed by atoms with E-state index in [-0.39, 0.29) is 6.10 Å². The first-order valence-electron chi connectivity index (χ1n) is 10.7. The SMILES string of the molecule is CO[C@H]1CN(c2ncc(C)cc2-n2ccc(C)n2)CC[C@H]1NC1CCCCC1. The average Bonchev–Trinajstić information content (AvgIpc) is 3.15. The van der Waals surface area contributed by atoms with Crippen molar-refractivity contribution in [3.05, 3.63) is 35.8 Å². The highest BCUT2D eigenvalue weighted by Gasteiger charge is 2.32. The summed E-state index contributed by atoms with van der Waals surface area (Å²) in [4.78, 5) is 7.15. The third-order valence-corrected chi connectivity index (χ3v) is 6.17. The van der Waals surface area contributed by atoms with Crippen LogP contribution >= 0.6 is 0 Å². The Morgan fingerprint density at radius 1 is 1.14 bits per heavy atom. The zero-order valence-corrected chi connectivity index (χ0v) is 17.4. The number of aromatic nitrogens is 3. The van der Waals surface area contributed by atoms with Gasteiger partial charge in [-0.3, -0.25) is 0 Å². The highest BCUT2D eigenvalue weighted by Crippen LogP contribution is 2.28. The minimum Gasteiger partial charge on any atom is -0.378 e. The molecule has 0 spiro atoms. The predicted molar refractivity (Wildman–Crippen MR) is 112 cm³/mol. The molecule has 3 heterocycles. The molecule has 0 bridgehead atoms. The minimum absolute atomic E-state index is 0.172. The van der Waals surface area contributed by atoms with Crippen LogP contribution in [-0.4, -0.2) is 53.2 Å². The Morgan fingerprint density at radius 2 is 1.96 bits per heavy atom. The van der Waals surface area contributed by atoms with E-state index >= 15 is 0 Å². The Bertz CT molecular complexity index is 783. The number of ether oxygens (including phenoxy) is 1. The van der Waals surface area contributed by atoms with Gasteiger partial charge in [0.15, 0.2) is 5.82 Å². The lowest BCUT2D eigenvalue weighted by Crippen LogP contribution is -2.56. The second-order valence-corrected chi connectivity index (χ2v) is 8.37. The zero-order valence-electron chi connectivity index (χ0n) is 17.4. The third-order valence-electron chi connectivity index (χ3n) is 6.17. The van der Waals surface area contributed by atoms with Crippen LogP contribution in [0, 0.1) is 13.8 Å². The molecule has 1 N–H and O–H groups in total. The number of aryl methyl sites for hydroxylation is 2. The lowest BCUT2D eigenvalue weighted by molar-refractivity contribution is 0.0534. The van der Waals surface area contributed by atoms with Gasteiger partial charge in [0.05, 0.1) is 11.8 Å². The molecule has 2 fully saturated rings. The number of nitrogens with zero attached hydrogens (tertiary/aromatic N) is 4. The quantitative estimate of drug-likeness (QED) is 0.858. The number of anilines is 1. The number of pyridine rings is 1. The van der Waals surface area contributed by atoms with Gasteiger partial charge in [0.1, 0.15) is 5.69 Å². The largest absolute Gasteiger partial charge is 0.378 e. The molecule has 1 saturated carbocycles. The van der Waals surface area contributed by atoms with E-state index in [2.05, 4.69) is 28.3 Å². The summed E-state index contributed by atoms with van der Waals surface area (Å²) in [5, 5.41) is 8.52. The number of nitrogens with one attached hydrogen (secondary N) is 1. The molecule has 0 unspecified atom stereocenters. The Hall–Kier alpha value is -1.92. The Labute approximate surface area is 168 Å². The molecule has 0 amide bonds. The summed E-state index contributed by atoms with van der Waals surface area (Å²) in [6, 6.07) is 5.28. The van der Waals surface area contributed by atoms with Crippen molar-refractivity contribution in [3.63, 3.8) is 0 Å². The molecule has 0 aromatic carbocycles. The molecule has 1 aliphatic carbocycles. The highest BCUT2D eigenvalue weighted by atomic mass is 16.5. The molecule has 2 aromatic heterocycles. The van der Waals surface area contributed by atoms with Crippen molar-refractivity contribution in [2.24, 2.45) is 0 Å². The summed E-state index contributed by atoms with van der Waals surface area (Å²) < 4.78 is 7.86. The average molecular weight is 384 g/mol. The van der Waals surface area contributed by atoms with E-state index in [9.17, 15) is 0 Å². The fourth-order valence-electron chi connectivity index (χ4n) is 4.62. The predicted octanol–water partition coefficient (Wildman–Crippen LogP) is 3.40. The van der Waals surface area contributed by atoms with Crippen molar-refractivity contribution in [2.45, 2.75) is 70.6 Å². The van der Waals surface area contributed by atoms with E-state index in [1.165, 1.54) is 32.1 Å². The van der Waals surface area contributed by atoms with Crippen LogP contribution in [0.15, 0.2) is 24.5 Å². The number of rotatable bonds is 5. The van der Waals surface area contributed by atoms with Gasteiger partial charge in [-0.05, 0) is 50.8 Å². The normalized spacial score (nSPS) is 23.9. The van der Waals surface area contributed by atoms with Crippen LogP contribution < -0.4 is 10.2 Å². The molecule has 6 nitrogen and oxygen atoms in total. The van der Waals surface area contributed by atoms with Gasteiger partial charge in [-0.2, -0.15) is 5.10 Å². The van der Waals surface area contributed by atoms with E-state index in [4.69, 9.17) is 9.72 Å². The number of hydrogen-bond donors (Lipinski definition) is 1. The zero-order chi connectivity index (χ0) is 19.5. The maximum Gasteiger partial charge on any atom is 0.154 e. The second kappa shape index (κ2) is 8.62. The molecule has 1 aliphatic heterocycles. The molecule has 0 radical (unpaired) electrons. The van der Waals surface area contributed by atoms with Gasteiger partial charge in [0.2, 0.25) is 0 Å². The van der Waals surface area contributed by atoms with Crippen LogP contribution in [0.4, 0.5) is 5.82 Å². The highest BCUT2D eigenvalue weighted by molar-refractivity contribution is 5.58. The van der Waals surface area contributed by atoms with Crippen LogP contribution in [0.3, 0.4) is 0 Å². The molecule has 6 heteroatoms. The van der Waals surface area contributed by atoms with Gasteiger partial charge < -0.3 is 15.0 Å². The molecule has 152 valence electrons. The molecule has 2 atom stereocenters. The van der Waals surface area contributed by atoms with Gasteiger partial charge in [0, 0.05) is 44.7 Å². The van der Waals surface area contributed by atoms with Gasteiger partial charge in [-0.25, -0.2) is 9.67 Å². The monoisotopic (exact) mass is 383 g/mol. The molecule has 1 saturated heterocycles. The summed E-state index contributed by atoms with van der Waals surface area (Å²) in [5.41, 5.74) is 3.20. The molecule has 2 aromatic rings. The molecule has 4 rings (SSSR count). The maximum absolute atomic E-state index is 5.92. The van der Waals surface area contributed by atoms with E-state index < -0.39 is 0 Å². The topological polar surface area (TPSA) is 55.2 Å².